The van der Waals surface area contributed by atoms with E-state index in [-0.39, 0.29) is 24.0 Å². The standard InChI is InChI=1S/C23H25N3O3/c27-22(19-14-18(15-24-19)29-23(28)16-6-2-1-3-7-16)26-13-12-25(17-10-11-17)20-8-4-5-9-21(20)26/h1-9,17-19,24H,10-15H2/t18-,19-/m0/s1. The fourth-order valence-corrected chi connectivity index (χ4v) is 4.34. The van der Waals surface area contributed by atoms with Gasteiger partial charge in [-0.25, -0.2) is 4.79 Å². The van der Waals surface area contributed by atoms with Gasteiger partial charge in [-0.05, 0) is 37.1 Å². The van der Waals surface area contributed by atoms with Gasteiger partial charge in [0.25, 0.3) is 0 Å². The monoisotopic (exact) mass is 391 g/mol. The second-order valence-electron chi connectivity index (χ2n) is 7.99. The summed E-state index contributed by atoms with van der Waals surface area (Å²) in [6.45, 7) is 2.06. The van der Waals surface area contributed by atoms with E-state index in [2.05, 4.69) is 16.3 Å². The molecule has 3 aliphatic rings. The number of nitrogens with zero attached hydrogens (tertiary/aromatic N) is 2. The number of esters is 1. The van der Waals surface area contributed by atoms with Gasteiger partial charge in [-0.15, -0.1) is 0 Å². The van der Waals surface area contributed by atoms with E-state index in [9.17, 15) is 9.59 Å². The summed E-state index contributed by atoms with van der Waals surface area (Å²) in [5.41, 5.74) is 2.68. The van der Waals surface area contributed by atoms with E-state index >= 15 is 0 Å². The largest absolute Gasteiger partial charge is 0.457 e. The zero-order chi connectivity index (χ0) is 19.8. The summed E-state index contributed by atoms with van der Waals surface area (Å²) in [5, 5.41) is 3.26. The molecule has 0 aromatic heterocycles. The first kappa shape index (κ1) is 18.2. The van der Waals surface area contributed by atoms with Crippen molar-refractivity contribution >= 4 is 23.3 Å². The fraction of sp³-hybridized carbons (Fsp3) is 0.391. The van der Waals surface area contributed by atoms with Gasteiger partial charge in [-0.2, -0.15) is 0 Å². The quantitative estimate of drug-likeness (QED) is 0.812. The van der Waals surface area contributed by atoms with Crippen molar-refractivity contribution in [2.24, 2.45) is 0 Å². The third kappa shape index (κ3) is 3.60. The number of hydrogen-bond acceptors (Lipinski definition) is 5. The van der Waals surface area contributed by atoms with Gasteiger partial charge in [0.15, 0.2) is 0 Å². The third-order valence-electron chi connectivity index (χ3n) is 5.97. The zero-order valence-electron chi connectivity index (χ0n) is 16.3. The first-order valence-corrected chi connectivity index (χ1v) is 10.4. The Morgan fingerprint density at radius 2 is 1.66 bits per heavy atom. The van der Waals surface area contributed by atoms with Gasteiger partial charge in [0.1, 0.15) is 6.10 Å². The first-order chi connectivity index (χ1) is 14.2. The van der Waals surface area contributed by atoms with Crippen LogP contribution in [-0.4, -0.2) is 49.7 Å². The van der Waals surface area contributed by atoms with Crippen LogP contribution in [0.5, 0.6) is 0 Å². The molecular weight excluding hydrogens is 366 g/mol. The van der Waals surface area contributed by atoms with Gasteiger partial charge in [0.2, 0.25) is 5.91 Å². The Morgan fingerprint density at radius 3 is 2.41 bits per heavy atom. The van der Waals surface area contributed by atoms with Crippen molar-refractivity contribution in [2.45, 2.75) is 37.5 Å². The Morgan fingerprint density at radius 1 is 0.931 bits per heavy atom. The summed E-state index contributed by atoms with van der Waals surface area (Å²) in [6.07, 6.45) is 2.68. The van der Waals surface area contributed by atoms with Crippen molar-refractivity contribution in [1.82, 2.24) is 5.32 Å². The highest BCUT2D eigenvalue weighted by Gasteiger charge is 2.39. The summed E-state index contributed by atoms with van der Waals surface area (Å²) in [7, 11) is 0. The molecule has 2 aromatic rings. The van der Waals surface area contributed by atoms with Crippen molar-refractivity contribution in [3.8, 4) is 0 Å². The normalized spacial score (nSPS) is 23.6. The molecule has 29 heavy (non-hydrogen) atoms. The second kappa shape index (κ2) is 7.52. The van der Waals surface area contributed by atoms with E-state index in [0.29, 0.717) is 31.1 Å². The number of amides is 1. The van der Waals surface area contributed by atoms with Crippen molar-refractivity contribution in [2.75, 3.05) is 29.4 Å². The number of carbonyl (C=O) groups excluding carboxylic acids is 2. The van der Waals surface area contributed by atoms with E-state index in [1.807, 2.05) is 41.3 Å². The van der Waals surface area contributed by atoms with Crippen molar-refractivity contribution in [1.29, 1.82) is 0 Å². The minimum atomic E-state index is -0.339. The lowest BCUT2D eigenvalue weighted by Gasteiger charge is -2.38. The fourth-order valence-electron chi connectivity index (χ4n) is 4.34. The molecule has 0 spiro atoms. The minimum absolute atomic E-state index is 0.0613. The molecule has 1 saturated heterocycles. The number of benzene rings is 2. The molecule has 2 fully saturated rings. The molecular formula is C23H25N3O3. The number of carbonyl (C=O) groups is 2. The Balaban J connectivity index is 1.26. The molecule has 0 radical (unpaired) electrons. The zero-order valence-corrected chi connectivity index (χ0v) is 16.3. The molecule has 1 N–H and O–H groups in total. The lowest BCUT2D eigenvalue weighted by atomic mass is 10.1. The predicted octanol–water partition coefficient (Wildman–Crippen LogP) is 2.59. The minimum Gasteiger partial charge on any atom is -0.457 e. The Kier molecular flexibility index (Phi) is 4.72. The van der Waals surface area contributed by atoms with E-state index in [1.54, 1.807) is 12.1 Å². The van der Waals surface area contributed by atoms with E-state index < -0.39 is 0 Å². The van der Waals surface area contributed by atoms with Crippen molar-refractivity contribution < 1.29 is 14.3 Å². The van der Waals surface area contributed by atoms with E-state index in [4.69, 9.17) is 4.74 Å². The number of anilines is 2. The summed E-state index contributed by atoms with van der Waals surface area (Å²) in [4.78, 5) is 29.9. The number of nitrogens with one attached hydrogen (secondary N) is 1. The molecule has 2 atom stereocenters. The molecule has 1 amide bonds. The van der Waals surface area contributed by atoms with Crippen LogP contribution in [0.1, 0.15) is 29.6 Å². The van der Waals surface area contributed by atoms with Crippen LogP contribution in [0.4, 0.5) is 11.4 Å². The average molecular weight is 391 g/mol. The Bertz CT molecular complexity index is 913. The average Bonchev–Trinajstić information content (AvgIpc) is 3.51. The number of ether oxygens (including phenoxy) is 1. The van der Waals surface area contributed by atoms with Crippen LogP contribution in [0.2, 0.25) is 0 Å². The summed E-state index contributed by atoms with van der Waals surface area (Å²) >= 11 is 0. The predicted molar refractivity (Wildman–Crippen MR) is 111 cm³/mol. The summed E-state index contributed by atoms with van der Waals surface area (Å²) < 4.78 is 5.61. The van der Waals surface area contributed by atoms with E-state index in [1.165, 1.54) is 12.8 Å². The van der Waals surface area contributed by atoms with Crippen LogP contribution in [0.15, 0.2) is 54.6 Å². The maximum atomic E-state index is 13.3. The number of fused-ring (bicyclic) bond motifs is 1. The van der Waals surface area contributed by atoms with Gasteiger partial charge in [-0.1, -0.05) is 30.3 Å². The number of rotatable bonds is 4. The molecule has 1 aliphatic carbocycles. The lowest BCUT2D eigenvalue weighted by molar-refractivity contribution is -0.120. The van der Waals surface area contributed by atoms with Crippen molar-refractivity contribution in [3.63, 3.8) is 0 Å². The van der Waals surface area contributed by atoms with Gasteiger partial charge >= 0.3 is 5.97 Å². The highest BCUT2D eigenvalue weighted by molar-refractivity contribution is 6.01. The molecule has 0 unspecified atom stereocenters. The molecule has 0 bridgehead atoms. The highest BCUT2D eigenvalue weighted by atomic mass is 16.5. The molecule has 5 rings (SSSR count). The van der Waals surface area contributed by atoms with Crippen LogP contribution < -0.4 is 15.1 Å². The maximum absolute atomic E-state index is 13.3. The molecule has 2 heterocycles. The van der Waals surface area contributed by atoms with Crippen LogP contribution in [0.3, 0.4) is 0 Å². The number of hydrogen-bond donors (Lipinski definition) is 1. The topological polar surface area (TPSA) is 61.9 Å². The van der Waals surface area contributed by atoms with Crippen LogP contribution in [0, 0.1) is 0 Å². The van der Waals surface area contributed by atoms with Gasteiger partial charge in [-0.3, -0.25) is 4.79 Å². The van der Waals surface area contributed by atoms with Crippen LogP contribution in [0.25, 0.3) is 0 Å². The second-order valence-corrected chi connectivity index (χ2v) is 7.99. The molecule has 1 saturated carbocycles. The molecule has 6 nitrogen and oxygen atoms in total. The van der Waals surface area contributed by atoms with Crippen molar-refractivity contribution in [3.05, 3.63) is 60.2 Å². The first-order valence-electron chi connectivity index (χ1n) is 10.4. The molecule has 2 aromatic carbocycles. The van der Waals surface area contributed by atoms with Gasteiger partial charge in [0, 0.05) is 32.1 Å². The summed E-state index contributed by atoms with van der Waals surface area (Å²) in [6, 6.07) is 17.4. The van der Waals surface area contributed by atoms with Crippen LogP contribution >= 0.6 is 0 Å². The van der Waals surface area contributed by atoms with E-state index in [0.717, 1.165) is 17.9 Å². The SMILES string of the molecule is O=C(O[C@@H]1CN[C@H](C(=O)N2CCN(C3CC3)c3ccccc32)C1)c1ccccc1. The lowest BCUT2D eigenvalue weighted by Crippen LogP contribution is -2.50. The molecule has 2 aliphatic heterocycles. The van der Waals surface area contributed by atoms with Crippen LogP contribution in [-0.2, 0) is 9.53 Å². The molecule has 6 heteroatoms. The maximum Gasteiger partial charge on any atom is 0.338 e. The Labute approximate surface area is 170 Å². The smallest absolute Gasteiger partial charge is 0.338 e. The highest BCUT2D eigenvalue weighted by Crippen LogP contribution is 2.40. The Hall–Kier alpha value is -2.86. The summed E-state index contributed by atoms with van der Waals surface area (Å²) in [5.74, 6) is -0.278. The van der Waals surface area contributed by atoms with Gasteiger partial charge in [0.05, 0.1) is 23.0 Å². The van der Waals surface area contributed by atoms with Gasteiger partial charge < -0.3 is 19.9 Å². The molecule has 150 valence electrons. The number of para-hydroxylation sites is 2. The third-order valence-corrected chi connectivity index (χ3v) is 5.97.